The van der Waals surface area contributed by atoms with Crippen molar-refractivity contribution in [1.82, 2.24) is 10.2 Å². The average molecular weight is 172 g/mol. The Hall–Kier alpha value is -0.900. The average Bonchev–Trinajstić information content (AvgIpc) is 2.36. The van der Waals surface area contributed by atoms with Crippen molar-refractivity contribution in [2.45, 2.75) is 33.8 Å². The van der Waals surface area contributed by atoms with E-state index in [1.54, 1.807) is 14.0 Å². The van der Waals surface area contributed by atoms with Gasteiger partial charge in [0.1, 0.15) is 5.60 Å². The highest BCUT2D eigenvalue weighted by Gasteiger charge is 2.25. The van der Waals surface area contributed by atoms with Gasteiger partial charge in [0.25, 0.3) is 0 Å². The number of rotatable bonds is 2. The standard InChI is InChI=1S/C7H12N2O2.CH4/c1-5-8-9-6(11-5)7(2,3)10-4;/h1-4H3;1H4. The molecule has 0 bridgehead atoms. The molecule has 1 aromatic rings. The first-order valence-corrected chi connectivity index (χ1v) is 3.42. The number of aryl methyl sites for hydroxylation is 1. The van der Waals surface area contributed by atoms with E-state index in [2.05, 4.69) is 10.2 Å². The molecule has 1 rings (SSSR count). The minimum absolute atomic E-state index is 0. The van der Waals surface area contributed by atoms with Crippen molar-refractivity contribution in [2.75, 3.05) is 7.11 Å². The minimum atomic E-state index is -0.485. The fourth-order valence-electron chi connectivity index (χ4n) is 0.627. The van der Waals surface area contributed by atoms with Crippen molar-refractivity contribution >= 4 is 0 Å². The van der Waals surface area contributed by atoms with E-state index < -0.39 is 5.60 Å². The van der Waals surface area contributed by atoms with E-state index in [0.717, 1.165) is 0 Å². The minimum Gasteiger partial charge on any atom is -0.422 e. The van der Waals surface area contributed by atoms with Crippen molar-refractivity contribution in [3.05, 3.63) is 11.8 Å². The Balaban J connectivity index is 0.00000121. The predicted molar refractivity (Wildman–Crippen MR) is 45.8 cm³/mol. The summed E-state index contributed by atoms with van der Waals surface area (Å²) in [7, 11) is 1.61. The molecule has 0 fully saturated rings. The van der Waals surface area contributed by atoms with Gasteiger partial charge < -0.3 is 9.15 Å². The molecule has 0 unspecified atom stereocenters. The van der Waals surface area contributed by atoms with Crippen LogP contribution in [0.2, 0.25) is 0 Å². The molecule has 0 N–H and O–H groups in total. The molecule has 1 heterocycles. The molecule has 0 radical (unpaired) electrons. The van der Waals surface area contributed by atoms with E-state index in [0.29, 0.717) is 11.8 Å². The zero-order valence-electron chi connectivity index (χ0n) is 7.21. The van der Waals surface area contributed by atoms with Crippen LogP contribution in [0.4, 0.5) is 0 Å². The molecule has 0 saturated heterocycles. The molecular formula is C8H16N2O2. The Morgan fingerprint density at radius 2 is 1.92 bits per heavy atom. The zero-order chi connectivity index (χ0) is 8.48. The van der Waals surface area contributed by atoms with Crippen LogP contribution in [-0.4, -0.2) is 17.3 Å². The summed E-state index contributed by atoms with van der Waals surface area (Å²) in [5.41, 5.74) is -0.485. The molecule has 70 valence electrons. The van der Waals surface area contributed by atoms with Gasteiger partial charge in [0.2, 0.25) is 11.8 Å². The number of aromatic nitrogens is 2. The van der Waals surface area contributed by atoms with E-state index in [4.69, 9.17) is 9.15 Å². The summed E-state index contributed by atoms with van der Waals surface area (Å²) in [6, 6.07) is 0. The maximum Gasteiger partial charge on any atom is 0.247 e. The van der Waals surface area contributed by atoms with Crippen LogP contribution in [0.25, 0.3) is 0 Å². The number of ether oxygens (including phenoxy) is 1. The summed E-state index contributed by atoms with van der Waals surface area (Å²) in [6.07, 6.45) is 0. The Morgan fingerprint density at radius 3 is 2.25 bits per heavy atom. The van der Waals surface area contributed by atoms with Gasteiger partial charge in [0, 0.05) is 14.0 Å². The fraction of sp³-hybridized carbons (Fsp3) is 0.750. The summed E-state index contributed by atoms with van der Waals surface area (Å²) in [5.74, 6) is 1.07. The lowest BCUT2D eigenvalue weighted by atomic mass is 10.1. The molecule has 0 amide bonds. The third-order valence-corrected chi connectivity index (χ3v) is 1.55. The first kappa shape index (κ1) is 11.1. The molecule has 0 aliphatic carbocycles. The Bertz CT molecular complexity index is 243. The predicted octanol–water partition coefficient (Wildman–Crippen LogP) is 1.90. The molecule has 0 aliphatic heterocycles. The van der Waals surface area contributed by atoms with Gasteiger partial charge in [-0.15, -0.1) is 10.2 Å². The first-order valence-electron chi connectivity index (χ1n) is 3.42. The molecule has 1 aromatic heterocycles. The van der Waals surface area contributed by atoms with Gasteiger partial charge in [0.05, 0.1) is 0 Å². The van der Waals surface area contributed by atoms with E-state index in [1.807, 2.05) is 13.8 Å². The van der Waals surface area contributed by atoms with Gasteiger partial charge >= 0.3 is 0 Å². The van der Waals surface area contributed by atoms with E-state index in [1.165, 1.54) is 0 Å². The zero-order valence-corrected chi connectivity index (χ0v) is 7.21. The normalized spacial score (nSPS) is 11.0. The monoisotopic (exact) mass is 172 g/mol. The molecule has 4 nitrogen and oxygen atoms in total. The van der Waals surface area contributed by atoms with Crippen LogP contribution in [0.5, 0.6) is 0 Å². The quantitative estimate of drug-likeness (QED) is 0.683. The summed E-state index contributed by atoms with van der Waals surface area (Å²) >= 11 is 0. The SMILES string of the molecule is C.COC(C)(C)c1nnc(C)o1. The summed E-state index contributed by atoms with van der Waals surface area (Å²) in [5, 5.41) is 7.55. The van der Waals surface area contributed by atoms with Crippen molar-refractivity contribution in [3.8, 4) is 0 Å². The smallest absolute Gasteiger partial charge is 0.247 e. The molecule has 0 aromatic carbocycles. The molecular weight excluding hydrogens is 156 g/mol. The number of methoxy groups -OCH3 is 1. The van der Waals surface area contributed by atoms with Gasteiger partial charge in [-0.05, 0) is 13.8 Å². The molecule has 0 atom stereocenters. The summed E-state index contributed by atoms with van der Waals surface area (Å²) < 4.78 is 10.3. The lowest BCUT2D eigenvalue weighted by Gasteiger charge is -2.16. The Labute approximate surface area is 72.9 Å². The topological polar surface area (TPSA) is 48.2 Å². The first-order chi connectivity index (χ1) is 5.06. The van der Waals surface area contributed by atoms with Crippen molar-refractivity contribution in [1.29, 1.82) is 0 Å². The maximum atomic E-state index is 5.19. The Morgan fingerprint density at radius 1 is 1.33 bits per heavy atom. The van der Waals surface area contributed by atoms with Crippen LogP contribution in [0.3, 0.4) is 0 Å². The third-order valence-electron chi connectivity index (χ3n) is 1.55. The van der Waals surface area contributed by atoms with Crippen LogP contribution >= 0.6 is 0 Å². The van der Waals surface area contributed by atoms with Crippen molar-refractivity contribution in [2.24, 2.45) is 0 Å². The summed E-state index contributed by atoms with van der Waals surface area (Å²) in [6.45, 7) is 5.50. The van der Waals surface area contributed by atoms with Crippen LogP contribution in [-0.2, 0) is 10.3 Å². The van der Waals surface area contributed by atoms with Gasteiger partial charge in [-0.2, -0.15) is 0 Å². The second kappa shape index (κ2) is 3.67. The lowest BCUT2D eigenvalue weighted by molar-refractivity contribution is -0.00431. The van der Waals surface area contributed by atoms with Crippen LogP contribution in [0, 0.1) is 6.92 Å². The second-order valence-corrected chi connectivity index (χ2v) is 2.84. The van der Waals surface area contributed by atoms with Gasteiger partial charge in [-0.25, -0.2) is 0 Å². The van der Waals surface area contributed by atoms with Crippen molar-refractivity contribution < 1.29 is 9.15 Å². The molecule has 12 heavy (non-hydrogen) atoms. The second-order valence-electron chi connectivity index (χ2n) is 2.84. The highest BCUT2D eigenvalue weighted by molar-refractivity contribution is 4.91. The van der Waals surface area contributed by atoms with E-state index >= 15 is 0 Å². The third kappa shape index (κ3) is 2.04. The highest BCUT2D eigenvalue weighted by Crippen LogP contribution is 2.21. The van der Waals surface area contributed by atoms with E-state index in [-0.39, 0.29) is 7.43 Å². The number of hydrogen-bond donors (Lipinski definition) is 0. The number of hydrogen-bond acceptors (Lipinski definition) is 4. The van der Waals surface area contributed by atoms with Gasteiger partial charge in [-0.1, -0.05) is 7.43 Å². The highest BCUT2D eigenvalue weighted by atomic mass is 16.5. The van der Waals surface area contributed by atoms with Gasteiger partial charge in [0.15, 0.2) is 0 Å². The van der Waals surface area contributed by atoms with E-state index in [9.17, 15) is 0 Å². The molecule has 0 aliphatic rings. The number of nitrogens with zero attached hydrogens (tertiary/aromatic N) is 2. The molecule has 0 saturated carbocycles. The molecule has 0 spiro atoms. The fourth-order valence-corrected chi connectivity index (χ4v) is 0.627. The largest absolute Gasteiger partial charge is 0.422 e. The lowest BCUT2D eigenvalue weighted by Crippen LogP contribution is -2.19. The summed E-state index contributed by atoms with van der Waals surface area (Å²) in [4.78, 5) is 0. The van der Waals surface area contributed by atoms with Crippen LogP contribution in [0.1, 0.15) is 33.1 Å². The van der Waals surface area contributed by atoms with Crippen molar-refractivity contribution in [3.63, 3.8) is 0 Å². The van der Waals surface area contributed by atoms with Crippen LogP contribution < -0.4 is 0 Å². The Kier molecular flexibility index (Phi) is 3.39. The van der Waals surface area contributed by atoms with Gasteiger partial charge in [-0.3, -0.25) is 0 Å². The molecule has 4 heteroatoms. The van der Waals surface area contributed by atoms with Crippen LogP contribution in [0.15, 0.2) is 4.42 Å². The maximum absolute atomic E-state index is 5.19.